The van der Waals surface area contributed by atoms with Gasteiger partial charge in [0, 0.05) is 18.7 Å². The van der Waals surface area contributed by atoms with E-state index in [4.69, 9.17) is 0 Å². The first-order chi connectivity index (χ1) is 4.97. The van der Waals surface area contributed by atoms with E-state index < -0.39 is 0 Å². The molecule has 0 bridgehead atoms. The molecule has 2 aliphatic rings. The van der Waals surface area contributed by atoms with Gasteiger partial charge in [-0.2, -0.15) is 0 Å². The fraction of sp³-hybridized carbons (Fsp3) is 0.444. The number of fused-ring (bicyclic) bond motifs is 1. The van der Waals surface area contributed by atoms with E-state index in [1.165, 1.54) is 6.42 Å². The molecule has 0 aromatic rings. The maximum absolute atomic E-state index is 4.25. The number of aliphatic imine (C=N–C) groups is 1. The van der Waals surface area contributed by atoms with Gasteiger partial charge in [0.05, 0.1) is 0 Å². The average molecular weight is 133 g/mol. The molecule has 0 fully saturated rings. The molecule has 2 atom stereocenters. The third-order valence-corrected chi connectivity index (χ3v) is 2.17. The Kier molecular flexibility index (Phi) is 1.42. The van der Waals surface area contributed by atoms with Crippen LogP contribution in [0.4, 0.5) is 0 Å². The summed E-state index contributed by atoms with van der Waals surface area (Å²) in [7, 11) is 0. The summed E-state index contributed by atoms with van der Waals surface area (Å²) in [5.74, 6) is 1.33. The first kappa shape index (κ1) is 5.90. The molecule has 52 valence electrons. The zero-order valence-corrected chi connectivity index (χ0v) is 5.90. The largest absolute Gasteiger partial charge is 0.297 e. The van der Waals surface area contributed by atoms with Crippen LogP contribution in [0.5, 0.6) is 0 Å². The third kappa shape index (κ3) is 0.919. The second-order valence-electron chi connectivity index (χ2n) is 2.85. The number of allylic oxidation sites excluding steroid dienone is 4. The van der Waals surface area contributed by atoms with Gasteiger partial charge in [0.1, 0.15) is 0 Å². The van der Waals surface area contributed by atoms with Gasteiger partial charge in [0.15, 0.2) is 0 Å². The van der Waals surface area contributed by atoms with E-state index in [-0.39, 0.29) is 0 Å². The normalized spacial score (nSPS) is 36.0. The fourth-order valence-electron chi connectivity index (χ4n) is 1.54. The van der Waals surface area contributed by atoms with E-state index in [0.29, 0.717) is 5.92 Å². The number of nitrogens with zero attached hydrogens (tertiary/aromatic N) is 1. The molecule has 1 heteroatoms. The second-order valence-corrected chi connectivity index (χ2v) is 2.85. The standard InChI is InChI=1S/C9H11N/c1-2-4-9-7-10-6-5-8(9)3-1/h1-4,7-9H,5-6H2. The van der Waals surface area contributed by atoms with Gasteiger partial charge < -0.3 is 0 Å². The van der Waals surface area contributed by atoms with Crippen molar-refractivity contribution in [3.63, 3.8) is 0 Å². The molecule has 0 saturated carbocycles. The molecule has 1 aliphatic carbocycles. The lowest BCUT2D eigenvalue weighted by molar-refractivity contribution is 0.522. The third-order valence-electron chi connectivity index (χ3n) is 2.17. The molecular weight excluding hydrogens is 122 g/mol. The lowest BCUT2D eigenvalue weighted by Gasteiger charge is -2.23. The second kappa shape index (κ2) is 2.41. The lowest BCUT2D eigenvalue weighted by atomic mass is 9.85. The molecule has 0 spiro atoms. The predicted molar refractivity (Wildman–Crippen MR) is 43.2 cm³/mol. The van der Waals surface area contributed by atoms with Crippen molar-refractivity contribution in [2.45, 2.75) is 6.42 Å². The van der Waals surface area contributed by atoms with Crippen LogP contribution in [0.15, 0.2) is 29.3 Å². The van der Waals surface area contributed by atoms with Crippen LogP contribution >= 0.6 is 0 Å². The Morgan fingerprint density at radius 1 is 1.20 bits per heavy atom. The molecule has 0 amide bonds. The number of hydrogen-bond acceptors (Lipinski definition) is 1. The fourth-order valence-corrected chi connectivity index (χ4v) is 1.54. The van der Waals surface area contributed by atoms with Crippen molar-refractivity contribution in [1.29, 1.82) is 0 Å². The van der Waals surface area contributed by atoms with Crippen LogP contribution in [0, 0.1) is 11.8 Å². The summed E-state index contributed by atoms with van der Waals surface area (Å²) < 4.78 is 0. The predicted octanol–water partition coefficient (Wildman–Crippen LogP) is 1.82. The molecule has 1 aliphatic heterocycles. The SMILES string of the molecule is C1=CC2C=NCCC2C=C1. The minimum Gasteiger partial charge on any atom is -0.297 e. The van der Waals surface area contributed by atoms with E-state index in [1.807, 2.05) is 0 Å². The summed E-state index contributed by atoms with van der Waals surface area (Å²) in [4.78, 5) is 4.25. The van der Waals surface area contributed by atoms with Crippen molar-refractivity contribution in [3.8, 4) is 0 Å². The molecule has 0 aromatic carbocycles. The van der Waals surface area contributed by atoms with Gasteiger partial charge in [-0.25, -0.2) is 0 Å². The molecule has 0 aromatic heterocycles. The van der Waals surface area contributed by atoms with Crippen molar-refractivity contribution >= 4 is 6.21 Å². The van der Waals surface area contributed by atoms with Crippen molar-refractivity contribution in [2.75, 3.05) is 6.54 Å². The highest BCUT2D eigenvalue weighted by atomic mass is 14.7. The smallest absolute Gasteiger partial charge is 0.0391 e. The molecule has 1 nitrogen and oxygen atoms in total. The van der Waals surface area contributed by atoms with Crippen LogP contribution in [-0.2, 0) is 0 Å². The lowest BCUT2D eigenvalue weighted by Crippen LogP contribution is -2.19. The molecule has 0 saturated heterocycles. The van der Waals surface area contributed by atoms with Crippen LogP contribution in [0.3, 0.4) is 0 Å². The van der Waals surface area contributed by atoms with E-state index in [1.54, 1.807) is 0 Å². The Hall–Kier alpha value is -0.850. The monoisotopic (exact) mass is 133 g/mol. The molecule has 2 rings (SSSR count). The van der Waals surface area contributed by atoms with Crippen molar-refractivity contribution in [2.24, 2.45) is 16.8 Å². The van der Waals surface area contributed by atoms with E-state index >= 15 is 0 Å². The Morgan fingerprint density at radius 3 is 3.00 bits per heavy atom. The van der Waals surface area contributed by atoms with Crippen molar-refractivity contribution in [1.82, 2.24) is 0 Å². The summed E-state index contributed by atoms with van der Waals surface area (Å²) in [6.45, 7) is 1.01. The maximum atomic E-state index is 4.25. The minimum absolute atomic E-state index is 0.596. The van der Waals surface area contributed by atoms with Crippen molar-refractivity contribution < 1.29 is 0 Å². The van der Waals surface area contributed by atoms with Crippen molar-refractivity contribution in [3.05, 3.63) is 24.3 Å². The summed E-state index contributed by atoms with van der Waals surface area (Å²) >= 11 is 0. The van der Waals surface area contributed by atoms with Gasteiger partial charge in [-0.05, 0) is 12.3 Å². The van der Waals surface area contributed by atoms with Gasteiger partial charge in [-0.1, -0.05) is 24.3 Å². The zero-order chi connectivity index (χ0) is 6.81. The Morgan fingerprint density at radius 2 is 2.10 bits per heavy atom. The number of hydrogen-bond donors (Lipinski definition) is 0. The van der Waals surface area contributed by atoms with Crippen LogP contribution in [0.1, 0.15) is 6.42 Å². The molecule has 1 heterocycles. The zero-order valence-electron chi connectivity index (χ0n) is 5.90. The quantitative estimate of drug-likeness (QED) is 0.478. The summed E-state index contributed by atoms with van der Waals surface area (Å²) in [5, 5.41) is 0. The topological polar surface area (TPSA) is 12.4 Å². The summed E-state index contributed by atoms with van der Waals surface area (Å²) in [5.41, 5.74) is 0. The molecular formula is C9H11N. The van der Waals surface area contributed by atoms with Crippen LogP contribution < -0.4 is 0 Å². The minimum atomic E-state index is 0.596. The highest BCUT2D eigenvalue weighted by Crippen LogP contribution is 2.23. The van der Waals surface area contributed by atoms with Gasteiger partial charge in [0.25, 0.3) is 0 Å². The maximum Gasteiger partial charge on any atom is 0.0391 e. The number of rotatable bonds is 0. The molecule has 2 unspecified atom stereocenters. The van der Waals surface area contributed by atoms with Gasteiger partial charge in [-0.3, -0.25) is 4.99 Å². The Balaban J connectivity index is 2.21. The van der Waals surface area contributed by atoms with Crippen LogP contribution in [-0.4, -0.2) is 12.8 Å². The van der Waals surface area contributed by atoms with E-state index in [9.17, 15) is 0 Å². The highest BCUT2D eigenvalue weighted by molar-refractivity contribution is 5.65. The molecule has 10 heavy (non-hydrogen) atoms. The van der Waals surface area contributed by atoms with E-state index in [2.05, 4.69) is 35.5 Å². The Bertz CT molecular complexity index is 201. The van der Waals surface area contributed by atoms with Gasteiger partial charge >= 0.3 is 0 Å². The highest BCUT2D eigenvalue weighted by Gasteiger charge is 2.18. The summed E-state index contributed by atoms with van der Waals surface area (Å²) in [6.07, 6.45) is 12.1. The van der Waals surface area contributed by atoms with Crippen LogP contribution in [0.2, 0.25) is 0 Å². The van der Waals surface area contributed by atoms with Gasteiger partial charge in [-0.15, -0.1) is 0 Å². The summed E-state index contributed by atoms with van der Waals surface area (Å²) in [6, 6.07) is 0. The molecule has 0 N–H and O–H groups in total. The Labute approximate surface area is 61.2 Å². The van der Waals surface area contributed by atoms with Gasteiger partial charge in [0.2, 0.25) is 0 Å². The average Bonchev–Trinajstić information content (AvgIpc) is 2.05. The van der Waals surface area contributed by atoms with Crippen LogP contribution in [0.25, 0.3) is 0 Å². The van der Waals surface area contributed by atoms with E-state index in [0.717, 1.165) is 12.5 Å². The molecule has 0 radical (unpaired) electrons. The first-order valence-electron chi connectivity index (χ1n) is 3.82. The first-order valence-corrected chi connectivity index (χ1v) is 3.82.